The van der Waals surface area contributed by atoms with Gasteiger partial charge in [-0.05, 0) is 25.1 Å². The fraction of sp³-hybridized carbons (Fsp3) is 0.429. The molecule has 0 bridgehead atoms. The van der Waals surface area contributed by atoms with Gasteiger partial charge in [-0.1, -0.05) is 0 Å². The predicted molar refractivity (Wildman–Crippen MR) is 81.0 cm³/mol. The van der Waals surface area contributed by atoms with Crippen molar-refractivity contribution in [3.05, 3.63) is 38.7 Å². The van der Waals surface area contributed by atoms with Crippen LogP contribution in [0.1, 0.15) is 16.9 Å². The molecule has 116 valence electrons. The van der Waals surface area contributed by atoms with Gasteiger partial charge in [0.15, 0.2) is 0 Å². The maximum absolute atomic E-state index is 12.2. The van der Waals surface area contributed by atoms with Crippen LogP contribution < -0.4 is 21.9 Å². The topological polar surface area (TPSA) is 98.0 Å². The lowest BCUT2D eigenvalue weighted by Gasteiger charge is -2.12. The summed E-state index contributed by atoms with van der Waals surface area (Å²) in [7, 11) is 2.94. The Morgan fingerprint density at radius 1 is 1.32 bits per heavy atom. The Bertz CT molecular complexity index is 861. The molecule has 0 radical (unpaired) electrons. The maximum Gasteiger partial charge on any atom is 0.332 e. The van der Waals surface area contributed by atoms with Gasteiger partial charge in [-0.15, -0.1) is 0 Å². The van der Waals surface area contributed by atoms with Crippen molar-refractivity contribution in [2.24, 2.45) is 14.1 Å². The first-order valence-corrected chi connectivity index (χ1v) is 7.07. The number of fused-ring (bicyclic) bond motifs is 1. The zero-order valence-corrected chi connectivity index (χ0v) is 12.4. The molecule has 3 rings (SSSR count). The molecular weight excluding hydrogens is 286 g/mol. The number of amides is 1. The number of pyridine rings is 1. The minimum Gasteiger partial charge on any atom is -0.347 e. The SMILES string of the molecule is Cn1c(=O)c2ccc(C(=O)NC3CCNC3)nc2n(C)c1=O. The van der Waals surface area contributed by atoms with Crippen molar-refractivity contribution in [2.45, 2.75) is 12.5 Å². The van der Waals surface area contributed by atoms with Gasteiger partial charge in [-0.25, -0.2) is 9.78 Å². The van der Waals surface area contributed by atoms with Gasteiger partial charge in [0.05, 0.1) is 5.39 Å². The van der Waals surface area contributed by atoms with Crippen LogP contribution in [0, 0.1) is 0 Å². The molecule has 3 heterocycles. The van der Waals surface area contributed by atoms with Crippen molar-refractivity contribution in [3.8, 4) is 0 Å². The molecular formula is C14H17N5O3. The molecule has 1 saturated heterocycles. The Morgan fingerprint density at radius 2 is 2.09 bits per heavy atom. The number of hydrogen-bond donors (Lipinski definition) is 2. The van der Waals surface area contributed by atoms with E-state index in [1.54, 1.807) is 0 Å². The van der Waals surface area contributed by atoms with Crippen LogP contribution in [0.2, 0.25) is 0 Å². The smallest absolute Gasteiger partial charge is 0.332 e. The van der Waals surface area contributed by atoms with Gasteiger partial charge in [0, 0.05) is 26.7 Å². The second-order valence-corrected chi connectivity index (χ2v) is 5.44. The van der Waals surface area contributed by atoms with Crippen LogP contribution in [-0.4, -0.2) is 39.2 Å². The number of aryl methyl sites for hydroxylation is 1. The first kappa shape index (κ1) is 14.5. The number of carbonyl (C=O) groups excluding carboxylic acids is 1. The highest BCUT2D eigenvalue weighted by Gasteiger charge is 2.19. The average molecular weight is 303 g/mol. The molecule has 8 heteroatoms. The molecule has 1 amide bonds. The lowest BCUT2D eigenvalue weighted by Crippen LogP contribution is -2.38. The predicted octanol–water partition coefficient (Wildman–Crippen LogP) is -1.28. The summed E-state index contributed by atoms with van der Waals surface area (Å²) in [5, 5.41) is 6.36. The minimum atomic E-state index is -0.470. The van der Waals surface area contributed by atoms with Gasteiger partial charge < -0.3 is 10.6 Å². The zero-order chi connectivity index (χ0) is 15.9. The van der Waals surface area contributed by atoms with Crippen molar-refractivity contribution >= 4 is 16.9 Å². The van der Waals surface area contributed by atoms with Gasteiger partial charge in [-0.2, -0.15) is 0 Å². The van der Waals surface area contributed by atoms with Crippen molar-refractivity contribution in [2.75, 3.05) is 13.1 Å². The molecule has 8 nitrogen and oxygen atoms in total. The number of nitrogens with one attached hydrogen (secondary N) is 2. The Balaban J connectivity index is 2.04. The highest BCUT2D eigenvalue weighted by Crippen LogP contribution is 2.07. The molecule has 1 fully saturated rings. The van der Waals surface area contributed by atoms with Crippen molar-refractivity contribution in [3.63, 3.8) is 0 Å². The number of rotatable bonds is 2. The highest BCUT2D eigenvalue weighted by atomic mass is 16.2. The Morgan fingerprint density at radius 3 is 2.77 bits per heavy atom. The number of carbonyl (C=O) groups is 1. The van der Waals surface area contributed by atoms with E-state index in [0.29, 0.717) is 5.39 Å². The minimum absolute atomic E-state index is 0.0810. The van der Waals surface area contributed by atoms with Gasteiger partial charge in [0.1, 0.15) is 11.3 Å². The Labute approximate surface area is 125 Å². The van der Waals surface area contributed by atoms with Crippen LogP contribution in [0.15, 0.2) is 21.7 Å². The van der Waals surface area contributed by atoms with Gasteiger partial charge in [0.25, 0.3) is 11.5 Å². The van der Waals surface area contributed by atoms with Crippen LogP contribution in [0.5, 0.6) is 0 Å². The van der Waals surface area contributed by atoms with E-state index in [-0.39, 0.29) is 23.3 Å². The molecule has 0 aromatic carbocycles. The molecule has 1 aliphatic heterocycles. The quantitative estimate of drug-likeness (QED) is 0.720. The molecule has 1 aliphatic rings. The van der Waals surface area contributed by atoms with E-state index in [0.717, 1.165) is 24.1 Å². The standard InChI is InChI=1S/C14H17N5O3/c1-18-11-9(13(21)19(2)14(18)22)3-4-10(17-11)12(20)16-8-5-6-15-7-8/h3-4,8,15H,5-7H2,1-2H3,(H,16,20). The number of hydrogen-bond acceptors (Lipinski definition) is 5. The fourth-order valence-corrected chi connectivity index (χ4v) is 2.62. The van der Waals surface area contributed by atoms with Crippen LogP contribution in [0.4, 0.5) is 0 Å². The molecule has 1 unspecified atom stereocenters. The Hall–Kier alpha value is -2.48. The molecule has 0 saturated carbocycles. The number of nitrogens with zero attached hydrogens (tertiary/aromatic N) is 3. The van der Waals surface area contributed by atoms with Crippen LogP contribution in [0.3, 0.4) is 0 Å². The summed E-state index contributed by atoms with van der Waals surface area (Å²) in [5.41, 5.74) is -0.479. The largest absolute Gasteiger partial charge is 0.347 e. The van der Waals surface area contributed by atoms with Gasteiger partial charge >= 0.3 is 5.69 Å². The highest BCUT2D eigenvalue weighted by molar-refractivity contribution is 5.94. The third kappa shape index (κ3) is 2.31. The summed E-state index contributed by atoms with van der Waals surface area (Å²) in [4.78, 5) is 40.4. The van der Waals surface area contributed by atoms with Crippen molar-refractivity contribution < 1.29 is 4.79 Å². The molecule has 0 aliphatic carbocycles. The summed E-state index contributed by atoms with van der Waals surface area (Å²) < 4.78 is 2.29. The van der Waals surface area contributed by atoms with Crippen LogP contribution in [-0.2, 0) is 14.1 Å². The average Bonchev–Trinajstić information content (AvgIpc) is 3.03. The lowest BCUT2D eigenvalue weighted by molar-refractivity contribution is 0.0935. The molecule has 2 N–H and O–H groups in total. The summed E-state index contributed by atoms with van der Waals surface area (Å²) in [6, 6.07) is 3.12. The van der Waals surface area contributed by atoms with E-state index in [4.69, 9.17) is 0 Å². The summed E-state index contributed by atoms with van der Waals surface area (Å²) >= 11 is 0. The third-order valence-electron chi connectivity index (χ3n) is 3.93. The van der Waals surface area contributed by atoms with Crippen molar-refractivity contribution in [1.29, 1.82) is 0 Å². The summed E-state index contributed by atoms with van der Waals surface area (Å²) in [6.07, 6.45) is 0.873. The molecule has 0 spiro atoms. The molecule has 2 aromatic rings. The van der Waals surface area contributed by atoms with E-state index in [2.05, 4.69) is 15.6 Å². The lowest BCUT2D eigenvalue weighted by atomic mass is 10.2. The monoisotopic (exact) mass is 303 g/mol. The summed E-state index contributed by atoms with van der Waals surface area (Å²) in [5.74, 6) is -0.302. The van der Waals surface area contributed by atoms with E-state index in [1.165, 1.54) is 30.8 Å². The second kappa shape index (κ2) is 5.38. The second-order valence-electron chi connectivity index (χ2n) is 5.44. The summed E-state index contributed by atoms with van der Waals surface area (Å²) in [6.45, 7) is 1.61. The first-order valence-electron chi connectivity index (χ1n) is 7.07. The first-order chi connectivity index (χ1) is 10.5. The van der Waals surface area contributed by atoms with Crippen LogP contribution in [0.25, 0.3) is 11.0 Å². The molecule has 2 aromatic heterocycles. The van der Waals surface area contributed by atoms with Gasteiger partial charge in [0.2, 0.25) is 0 Å². The zero-order valence-electron chi connectivity index (χ0n) is 12.4. The molecule has 22 heavy (non-hydrogen) atoms. The van der Waals surface area contributed by atoms with Crippen LogP contribution >= 0.6 is 0 Å². The van der Waals surface area contributed by atoms with E-state index in [9.17, 15) is 14.4 Å². The van der Waals surface area contributed by atoms with E-state index in [1.807, 2.05) is 0 Å². The fourth-order valence-electron chi connectivity index (χ4n) is 2.62. The van der Waals surface area contributed by atoms with Gasteiger partial charge in [-0.3, -0.25) is 18.7 Å². The Kier molecular flexibility index (Phi) is 3.53. The maximum atomic E-state index is 12.2. The van der Waals surface area contributed by atoms with E-state index < -0.39 is 11.2 Å². The molecule has 1 atom stereocenters. The third-order valence-corrected chi connectivity index (χ3v) is 3.93. The van der Waals surface area contributed by atoms with E-state index >= 15 is 0 Å². The number of aromatic nitrogens is 3. The normalized spacial score (nSPS) is 17.8. The van der Waals surface area contributed by atoms with Crippen molar-refractivity contribution in [1.82, 2.24) is 24.8 Å².